The third kappa shape index (κ3) is 8.93. The Morgan fingerprint density at radius 1 is 1.39 bits per heavy atom. The van der Waals surface area contributed by atoms with Gasteiger partial charge < -0.3 is 20.4 Å². The van der Waals surface area contributed by atoms with Crippen LogP contribution >= 0.6 is 0 Å². The zero-order chi connectivity index (χ0) is 14.0. The molecule has 0 radical (unpaired) electrons. The molecule has 1 atom stereocenters. The molecule has 18 heavy (non-hydrogen) atoms. The lowest BCUT2D eigenvalue weighted by molar-refractivity contribution is -0.754. The van der Waals surface area contributed by atoms with E-state index < -0.39 is 29.7 Å². The Bertz CT molecular complexity index is 371. The number of carboxylic acids is 1. The van der Waals surface area contributed by atoms with Crippen LogP contribution in [0.1, 0.15) is 12.8 Å². The minimum Gasteiger partial charge on any atom is -0.480 e. The summed E-state index contributed by atoms with van der Waals surface area (Å²) < 4.78 is 4.59. The number of hydrogen-bond acceptors (Lipinski definition) is 7. The van der Waals surface area contributed by atoms with Crippen molar-refractivity contribution in [2.75, 3.05) is 13.2 Å². The molecule has 0 unspecified atom stereocenters. The lowest BCUT2D eigenvalue weighted by atomic mass is 10.2. The smallest absolute Gasteiger partial charge is 0.320 e. The van der Waals surface area contributed by atoms with Crippen LogP contribution in [-0.2, 0) is 19.2 Å². The molecule has 0 bridgehead atoms. The molecule has 9 heteroatoms. The van der Waals surface area contributed by atoms with Gasteiger partial charge in [0.2, 0.25) is 0 Å². The zero-order valence-corrected chi connectivity index (χ0v) is 9.33. The molecule has 100 valence electrons. The number of ether oxygens (including phenoxy) is 1. The van der Waals surface area contributed by atoms with Crippen LogP contribution in [0.5, 0.6) is 0 Å². The van der Waals surface area contributed by atoms with Gasteiger partial charge in [-0.3, -0.25) is 9.59 Å². The third-order valence-corrected chi connectivity index (χ3v) is 1.65. The molecule has 0 fully saturated rings. The Kier molecular flexibility index (Phi) is 7.63. The highest BCUT2D eigenvalue weighted by Gasteiger charge is 2.13. The van der Waals surface area contributed by atoms with E-state index in [0.29, 0.717) is 0 Å². The second-order valence-corrected chi connectivity index (χ2v) is 2.99. The first-order valence-corrected chi connectivity index (χ1v) is 4.80. The fourth-order valence-corrected chi connectivity index (χ4v) is 0.773. The molecule has 0 aliphatic rings. The van der Waals surface area contributed by atoms with E-state index in [1.807, 2.05) is 0 Å². The largest absolute Gasteiger partial charge is 0.480 e. The Morgan fingerprint density at radius 2 is 2.00 bits per heavy atom. The van der Waals surface area contributed by atoms with Crippen molar-refractivity contribution in [3.8, 4) is 11.8 Å². The lowest BCUT2D eigenvalue weighted by Gasteiger charge is -2.04. The van der Waals surface area contributed by atoms with E-state index in [2.05, 4.69) is 21.4 Å². The number of nitrogens with two attached hydrogens (primary N) is 1. The molecule has 9 nitrogen and oxygen atoms in total. The summed E-state index contributed by atoms with van der Waals surface area (Å²) in [6.45, 7) is -0.656. The van der Waals surface area contributed by atoms with Crippen molar-refractivity contribution < 1.29 is 29.4 Å². The quantitative estimate of drug-likeness (QED) is 0.255. The standard InChI is InChI=1S/C9H12N2O7/c10-7(9(13)14)3-4-8(12)17-5-1-2-6-18-11(15)16/h7H,3-6,10H2,(H,13,14)/t7-/m0/s1. The molecule has 3 N–H and O–H groups in total. The number of carboxylic acid groups (broad SMARTS) is 1. The summed E-state index contributed by atoms with van der Waals surface area (Å²) in [5.41, 5.74) is 5.17. The fraction of sp³-hybridized carbons (Fsp3) is 0.556. The van der Waals surface area contributed by atoms with Gasteiger partial charge in [-0.25, -0.2) is 0 Å². The summed E-state index contributed by atoms with van der Waals surface area (Å²) in [5.74, 6) is 2.72. The van der Waals surface area contributed by atoms with Crippen molar-refractivity contribution in [2.24, 2.45) is 5.73 Å². The van der Waals surface area contributed by atoms with Crippen molar-refractivity contribution in [3.63, 3.8) is 0 Å². The van der Waals surface area contributed by atoms with Crippen LogP contribution in [0.25, 0.3) is 0 Å². The third-order valence-electron chi connectivity index (χ3n) is 1.65. The van der Waals surface area contributed by atoms with E-state index >= 15 is 0 Å². The van der Waals surface area contributed by atoms with Crippen molar-refractivity contribution in [1.82, 2.24) is 0 Å². The molecular formula is C9H12N2O7. The van der Waals surface area contributed by atoms with Gasteiger partial charge in [0.1, 0.15) is 6.04 Å². The van der Waals surface area contributed by atoms with Crippen LogP contribution in [-0.4, -0.2) is 41.4 Å². The summed E-state index contributed by atoms with van der Waals surface area (Å²) in [5, 5.41) is 17.2. The van der Waals surface area contributed by atoms with Crippen molar-refractivity contribution in [1.29, 1.82) is 0 Å². The van der Waals surface area contributed by atoms with Crippen LogP contribution in [0.4, 0.5) is 0 Å². The topological polar surface area (TPSA) is 142 Å². The van der Waals surface area contributed by atoms with Gasteiger partial charge >= 0.3 is 11.9 Å². The molecule has 0 aliphatic carbocycles. The van der Waals surface area contributed by atoms with E-state index in [4.69, 9.17) is 10.8 Å². The number of esters is 1. The van der Waals surface area contributed by atoms with Gasteiger partial charge in [0, 0.05) is 6.42 Å². The molecule has 0 heterocycles. The SMILES string of the molecule is N[C@@H](CCC(=O)OCC#CCO[N+](=O)[O-])C(=O)O. The number of rotatable bonds is 7. The van der Waals surface area contributed by atoms with E-state index in [1.54, 1.807) is 0 Å². The van der Waals surface area contributed by atoms with Crippen LogP contribution in [0.2, 0.25) is 0 Å². The molecule has 0 aliphatic heterocycles. The highest BCUT2D eigenvalue weighted by atomic mass is 16.9. The van der Waals surface area contributed by atoms with E-state index in [1.165, 1.54) is 0 Å². The number of carbonyl (C=O) groups excluding carboxylic acids is 1. The zero-order valence-electron chi connectivity index (χ0n) is 9.33. The molecule has 0 amide bonds. The molecular weight excluding hydrogens is 248 g/mol. The van der Waals surface area contributed by atoms with Gasteiger partial charge in [-0.1, -0.05) is 11.8 Å². The Labute approximate surface area is 102 Å². The van der Waals surface area contributed by atoms with E-state index in [-0.39, 0.29) is 19.4 Å². The minimum atomic E-state index is -1.19. The monoisotopic (exact) mass is 260 g/mol. The van der Waals surface area contributed by atoms with Crippen LogP contribution in [0, 0.1) is 22.0 Å². The summed E-state index contributed by atoms with van der Waals surface area (Å²) in [6, 6.07) is -1.11. The van der Waals surface area contributed by atoms with Crippen LogP contribution < -0.4 is 5.73 Å². The van der Waals surface area contributed by atoms with Crippen LogP contribution in [0.3, 0.4) is 0 Å². The van der Waals surface area contributed by atoms with Gasteiger partial charge in [0.25, 0.3) is 5.09 Å². The highest BCUT2D eigenvalue weighted by molar-refractivity contribution is 5.75. The molecule has 0 spiro atoms. The average Bonchev–Trinajstić information content (AvgIpc) is 2.29. The normalized spacial score (nSPS) is 10.7. The van der Waals surface area contributed by atoms with Gasteiger partial charge in [-0.2, -0.15) is 0 Å². The molecule has 0 aromatic rings. The summed E-state index contributed by atoms with van der Waals surface area (Å²) >= 11 is 0. The van der Waals surface area contributed by atoms with Gasteiger partial charge in [-0.05, 0) is 6.42 Å². The Morgan fingerprint density at radius 3 is 2.56 bits per heavy atom. The van der Waals surface area contributed by atoms with Crippen molar-refractivity contribution in [2.45, 2.75) is 18.9 Å². The number of hydrogen-bond donors (Lipinski definition) is 2. The molecule has 0 aromatic heterocycles. The second-order valence-electron chi connectivity index (χ2n) is 2.99. The van der Waals surface area contributed by atoms with E-state index in [0.717, 1.165) is 0 Å². The summed E-state index contributed by atoms with van der Waals surface area (Å²) in [7, 11) is 0. The molecule has 0 rings (SSSR count). The molecule has 0 saturated heterocycles. The summed E-state index contributed by atoms with van der Waals surface area (Å²) in [6.07, 6.45) is -0.174. The minimum absolute atomic E-state index is 0.0357. The lowest BCUT2D eigenvalue weighted by Crippen LogP contribution is -2.30. The first-order chi connectivity index (χ1) is 8.43. The maximum atomic E-state index is 11.0. The Balaban J connectivity index is 3.65. The van der Waals surface area contributed by atoms with Crippen molar-refractivity contribution >= 4 is 11.9 Å². The van der Waals surface area contributed by atoms with Crippen molar-refractivity contribution in [3.05, 3.63) is 10.1 Å². The first kappa shape index (κ1) is 15.7. The number of nitrogens with zero attached hydrogens (tertiary/aromatic N) is 1. The highest BCUT2D eigenvalue weighted by Crippen LogP contribution is 1.96. The second kappa shape index (κ2) is 8.77. The maximum Gasteiger partial charge on any atom is 0.320 e. The number of aliphatic carboxylic acids is 1. The van der Waals surface area contributed by atoms with Crippen LogP contribution in [0.15, 0.2) is 0 Å². The molecule has 0 saturated carbocycles. The Hall–Kier alpha value is -2.34. The first-order valence-electron chi connectivity index (χ1n) is 4.80. The fourth-order valence-electron chi connectivity index (χ4n) is 0.773. The average molecular weight is 260 g/mol. The maximum absolute atomic E-state index is 11.0. The molecule has 0 aromatic carbocycles. The predicted octanol–water partition coefficient (Wildman–Crippen LogP) is -1.07. The predicted molar refractivity (Wildman–Crippen MR) is 56.5 cm³/mol. The number of carbonyl (C=O) groups is 2. The van der Waals surface area contributed by atoms with Gasteiger partial charge in [0.15, 0.2) is 13.2 Å². The van der Waals surface area contributed by atoms with Gasteiger partial charge in [0.05, 0.1) is 0 Å². The van der Waals surface area contributed by atoms with Gasteiger partial charge in [-0.15, -0.1) is 10.1 Å². The van der Waals surface area contributed by atoms with E-state index in [9.17, 15) is 19.7 Å². The summed E-state index contributed by atoms with van der Waals surface area (Å²) in [4.78, 5) is 35.0.